The van der Waals surface area contributed by atoms with Gasteiger partial charge in [0.15, 0.2) is 0 Å². The van der Waals surface area contributed by atoms with Gasteiger partial charge in [0.05, 0.1) is 6.04 Å². The molecule has 2 aromatic rings. The summed E-state index contributed by atoms with van der Waals surface area (Å²) in [6.07, 6.45) is 1.41. The number of benzene rings is 2. The lowest BCUT2D eigenvalue weighted by Gasteiger charge is -2.21. The van der Waals surface area contributed by atoms with Gasteiger partial charge in [-0.1, -0.05) is 30.3 Å². The molecule has 25 heavy (non-hydrogen) atoms. The third-order valence-electron chi connectivity index (χ3n) is 3.85. The van der Waals surface area contributed by atoms with Crippen LogP contribution in [0.3, 0.4) is 0 Å². The van der Waals surface area contributed by atoms with Crippen LogP contribution in [-0.4, -0.2) is 18.5 Å². The quantitative estimate of drug-likeness (QED) is 0.638. The molecule has 0 aromatic heterocycles. The van der Waals surface area contributed by atoms with E-state index in [2.05, 4.69) is 5.32 Å². The molecule has 2 rings (SSSR count). The van der Waals surface area contributed by atoms with E-state index in [9.17, 15) is 4.79 Å². The fraction of sp³-hybridized carbons (Fsp3) is 0.316. The molecule has 1 amide bonds. The van der Waals surface area contributed by atoms with Crippen molar-refractivity contribution >= 4 is 18.3 Å². The Morgan fingerprint density at radius 2 is 1.68 bits per heavy atom. The van der Waals surface area contributed by atoms with E-state index < -0.39 is 0 Å². The smallest absolute Gasteiger partial charge is 0.234 e. The van der Waals surface area contributed by atoms with Crippen molar-refractivity contribution in [2.45, 2.75) is 31.8 Å². The molecule has 0 aliphatic rings. The first-order valence-electron chi connectivity index (χ1n) is 8.18. The number of rotatable bonds is 9. The lowest BCUT2D eigenvalue weighted by molar-refractivity contribution is -0.120. The largest absolute Gasteiger partial charge is 0.457 e. The Hall–Kier alpha value is -2.08. The molecule has 0 fully saturated rings. The number of carbonyl (C=O) groups is 1. The number of hydrogen-bond donors (Lipinski definition) is 3. The number of carbonyl (C=O) groups excluding carboxylic acids is 1. The molecule has 0 saturated carbocycles. The van der Waals surface area contributed by atoms with Gasteiger partial charge in [-0.15, -0.1) is 12.4 Å². The number of halogens is 1. The van der Waals surface area contributed by atoms with Crippen molar-refractivity contribution in [1.82, 2.24) is 5.32 Å². The summed E-state index contributed by atoms with van der Waals surface area (Å²) in [5.41, 5.74) is 12.0. The minimum Gasteiger partial charge on any atom is -0.457 e. The number of hydrogen-bond acceptors (Lipinski definition) is 4. The van der Waals surface area contributed by atoms with Crippen LogP contribution in [0.2, 0.25) is 0 Å². The molecule has 136 valence electrons. The van der Waals surface area contributed by atoms with Gasteiger partial charge in [0, 0.05) is 6.04 Å². The third-order valence-corrected chi connectivity index (χ3v) is 3.85. The first-order valence-corrected chi connectivity index (χ1v) is 8.18. The van der Waals surface area contributed by atoms with Crippen LogP contribution in [0.1, 0.15) is 31.4 Å². The second-order valence-electron chi connectivity index (χ2n) is 5.76. The Morgan fingerprint density at radius 3 is 2.24 bits per heavy atom. The van der Waals surface area contributed by atoms with Crippen LogP contribution in [0, 0.1) is 0 Å². The predicted molar refractivity (Wildman–Crippen MR) is 103 cm³/mol. The maximum Gasteiger partial charge on any atom is 0.234 e. The molecule has 0 aliphatic heterocycles. The number of nitrogens with two attached hydrogens (primary N) is 2. The second kappa shape index (κ2) is 10.7. The van der Waals surface area contributed by atoms with Gasteiger partial charge in [-0.3, -0.25) is 10.1 Å². The minimum atomic E-state index is -0.371. The second-order valence-corrected chi connectivity index (χ2v) is 5.76. The Balaban J connectivity index is 0.00000312. The van der Waals surface area contributed by atoms with E-state index in [-0.39, 0.29) is 30.4 Å². The van der Waals surface area contributed by atoms with Gasteiger partial charge in [-0.25, -0.2) is 0 Å². The Morgan fingerprint density at radius 1 is 1.08 bits per heavy atom. The molecule has 6 heteroatoms. The highest BCUT2D eigenvalue weighted by Crippen LogP contribution is 2.23. The van der Waals surface area contributed by atoms with Crippen molar-refractivity contribution in [3.63, 3.8) is 0 Å². The average molecular weight is 364 g/mol. The highest BCUT2D eigenvalue weighted by Gasteiger charge is 2.18. The Labute approximate surface area is 155 Å². The van der Waals surface area contributed by atoms with Gasteiger partial charge in [-0.05, 0) is 56.1 Å². The van der Waals surface area contributed by atoms with E-state index in [4.69, 9.17) is 16.2 Å². The minimum absolute atomic E-state index is 0. The van der Waals surface area contributed by atoms with Crippen molar-refractivity contribution < 1.29 is 9.53 Å². The maximum absolute atomic E-state index is 11.5. The van der Waals surface area contributed by atoms with Crippen LogP contribution >= 0.6 is 12.4 Å². The topological polar surface area (TPSA) is 90.4 Å². The van der Waals surface area contributed by atoms with Crippen LogP contribution in [0.15, 0.2) is 54.6 Å². The fourth-order valence-electron chi connectivity index (χ4n) is 2.48. The van der Waals surface area contributed by atoms with Crippen LogP contribution in [0.25, 0.3) is 0 Å². The van der Waals surface area contributed by atoms with E-state index in [1.165, 1.54) is 0 Å². The molecule has 2 aromatic carbocycles. The van der Waals surface area contributed by atoms with Crippen LogP contribution in [-0.2, 0) is 4.79 Å². The molecule has 0 saturated heterocycles. The van der Waals surface area contributed by atoms with Gasteiger partial charge in [0.25, 0.3) is 0 Å². The van der Waals surface area contributed by atoms with E-state index in [0.717, 1.165) is 23.5 Å². The SMILES string of the molecule is CC(N[C@@H](CCCN)C(N)=O)c1ccc(Oc2ccccc2)cc1.Cl. The number of nitrogens with one attached hydrogen (secondary N) is 1. The van der Waals surface area contributed by atoms with E-state index >= 15 is 0 Å². The van der Waals surface area contributed by atoms with Crippen LogP contribution in [0.5, 0.6) is 11.5 Å². The number of ether oxygens (including phenoxy) is 1. The highest BCUT2D eigenvalue weighted by atomic mass is 35.5. The molecule has 0 spiro atoms. The van der Waals surface area contributed by atoms with E-state index in [1.807, 2.05) is 61.5 Å². The van der Waals surface area contributed by atoms with Gasteiger partial charge in [0.2, 0.25) is 5.91 Å². The zero-order chi connectivity index (χ0) is 17.4. The summed E-state index contributed by atoms with van der Waals surface area (Å²) < 4.78 is 5.78. The first kappa shape index (κ1) is 21.0. The van der Waals surface area contributed by atoms with Gasteiger partial charge in [-0.2, -0.15) is 0 Å². The summed E-state index contributed by atoms with van der Waals surface area (Å²) in [5, 5.41) is 3.27. The molecule has 5 nitrogen and oxygen atoms in total. The molecule has 2 atom stereocenters. The van der Waals surface area contributed by atoms with Gasteiger partial charge >= 0.3 is 0 Å². The maximum atomic E-state index is 11.5. The average Bonchev–Trinajstić information content (AvgIpc) is 2.59. The van der Waals surface area contributed by atoms with E-state index in [0.29, 0.717) is 13.0 Å². The monoisotopic (exact) mass is 363 g/mol. The summed E-state index contributed by atoms with van der Waals surface area (Å²) in [7, 11) is 0. The molecule has 5 N–H and O–H groups in total. The van der Waals surface area contributed by atoms with Crippen molar-refractivity contribution in [2.75, 3.05) is 6.54 Å². The molecule has 0 aliphatic carbocycles. The van der Waals surface area contributed by atoms with E-state index in [1.54, 1.807) is 0 Å². The predicted octanol–water partition coefficient (Wildman–Crippen LogP) is 3.14. The number of primary amides is 1. The normalized spacial score (nSPS) is 12.7. The zero-order valence-electron chi connectivity index (χ0n) is 14.4. The Bertz CT molecular complexity index is 635. The highest BCUT2D eigenvalue weighted by molar-refractivity contribution is 5.85. The Kier molecular flexibility index (Phi) is 8.99. The number of amides is 1. The zero-order valence-corrected chi connectivity index (χ0v) is 15.2. The summed E-state index contributed by atoms with van der Waals surface area (Å²) in [5.74, 6) is 1.22. The molecule has 1 unspecified atom stereocenters. The third kappa shape index (κ3) is 6.74. The van der Waals surface area contributed by atoms with Crippen molar-refractivity contribution in [2.24, 2.45) is 11.5 Å². The molecular weight excluding hydrogens is 338 g/mol. The molecular formula is C19H26ClN3O2. The van der Waals surface area contributed by atoms with Gasteiger partial charge in [0.1, 0.15) is 11.5 Å². The molecule has 0 bridgehead atoms. The van der Waals surface area contributed by atoms with Gasteiger partial charge < -0.3 is 16.2 Å². The fourth-order valence-corrected chi connectivity index (χ4v) is 2.48. The van der Waals surface area contributed by atoms with Crippen molar-refractivity contribution in [3.8, 4) is 11.5 Å². The first-order chi connectivity index (χ1) is 11.6. The molecule has 0 heterocycles. The van der Waals surface area contributed by atoms with Crippen LogP contribution in [0.4, 0.5) is 0 Å². The van der Waals surface area contributed by atoms with Crippen LogP contribution < -0.4 is 21.5 Å². The number of para-hydroxylation sites is 1. The standard InChI is InChI=1S/C19H25N3O2.ClH/c1-14(22-18(19(21)23)8-5-13-20)15-9-11-17(12-10-15)24-16-6-3-2-4-7-16;/h2-4,6-7,9-12,14,18,22H,5,8,13,20H2,1H3,(H2,21,23);1H/t14?,18-;/m0./s1. The lowest BCUT2D eigenvalue weighted by Crippen LogP contribution is -2.42. The van der Waals surface area contributed by atoms with Crippen molar-refractivity contribution in [1.29, 1.82) is 0 Å². The summed E-state index contributed by atoms with van der Waals surface area (Å²) in [6.45, 7) is 2.55. The summed E-state index contributed by atoms with van der Waals surface area (Å²) >= 11 is 0. The summed E-state index contributed by atoms with van der Waals surface area (Å²) in [4.78, 5) is 11.5. The van der Waals surface area contributed by atoms with Crippen molar-refractivity contribution in [3.05, 3.63) is 60.2 Å². The lowest BCUT2D eigenvalue weighted by atomic mass is 10.0. The molecule has 0 radical (unpaired) electrons. The summed E-state index contributed by atoms with van der Waals surface area (Å²) in [6, 6.07) is 17.1.